The van der Waals surface area contributed by atoms with Gasteiger partial charge in [-0.1, -0.05) is 20.8 Å². The van der Waals surface area contributed by atoms with Gasteiger partial charge in [0.05, 0.1) is 19.3 Å². The molecule has 0 spiro atoms. The largest absolute Gasteiger partial charge is 0.335 e. The Kier molecular flexibility index (Phi) is 4.30. The number of amides is 2. The minimum Gasteiger partial charge on any atom is -0.335 e. The van der Waals surface area contributed by atoms with Gasteiger partial charge in [0, 0.05) is 6.04 Å². The van der Waals surface area contributed by atoms with Gasteiger partial charge < -0.3 is 10.6 Å². The molecule has 1 aromatic heterocycles. The maximum absolute atomic E-state index is 11.8. The summed E-state index contributed by atoms with van der Waals surface area (Å²) in [5, 5.41) is 14.1. The van der Waals surface area contributed by atoms with Crippen molar-refractivity contribution in [1.82, 2.24) is 25.6 Å². The predicted octanol–water partition coefficient (Wildman–Crippen LogP) is 1.92. The summed E-state index contributed by atoms with van der Waals surface area (Å²) in [6, 6.07) is 0.220. The molecule has 2 amide bonds. The Labute approximate surface area is 120 Å². The summed E-state index contributed by atoms with van der Waals surface area (Å²) in [5.74, 6) is 0.627. The van der Waals surface area contributed by atoms with E-state index in [-0.39, 0.29) is 6.03 Å². The molecule has 20 heavy (non-hydrogen) atoms. The zero-order chi connectivity index (χ0) is 14.8. The van der Waals surface area contributed by atoms with Crippen molar-refractivity contribution in [3.63, 3.8) is 0 Å². The molecule has 1 saturated carbocycles. The lowest BCUT2D eigenvalue weighted by Crippen LogP contribution is -2.37. The molecular formula is C14H25N5O. The molecule has 0 radical (unpaired) electrons. The van der Waals surface area contributed by atoms with Gasteiger partial charge in [-0.05, 0) is 31.1 Å². The monoisotopic (exact) mass is 279 g/mol. The molecule has 0 aromatic carbocycles. The maximum atomic E-state index is 11.8. The highest BCUT2D eigenvalue weighted by Gasteiger charge is 2.40. The first kappa shape index (κ1) is 14.8. The summed E-state index contributed by atoms with van der Waals surface area (Å²) < 4.78 is 0. The fraction of sp³-hybridized carbons (Fsp3) is 0.786. The molecule has 1 aliphatic carbocycles. The number of urea groups is 1. The van der Waals surface area contributed by atoms with Gasteiger partial charge in [0.1, 0.15) is 5.69 Å². The zero-order valence-corrected chi connectivity index (χ0v) is 12.8. The van der Waals surface area contributed by atoms with Crippen LogP contribution in [0, 0.1) is 11.3 Å². The van der Waals surface area contributed by atoms with Crippen molar-refractivity contribution in [3.05, 3.63) is 11.9 Å². The summed E-state index contributed by atoms with van der Waals surface area (Å²) in [5.41, 5.74) is 1.11. The molecule has 1 aliphatic rings. The number of aryl methyl sites for hydroxylation is 1. The van der Waals surface area contributed by atoms with Crippen molar-refractivity contribution >= 4 is 6.03 Å². The highest BCUT2D eigenvalue weighted by atomic mass is 16.2. The quantitative estimate of drug-likeness (QED) is 0.865. The molecule has 0 saturated heterocycles. The first-order valence-corrected chi connectivity index (χ1v) is 7.31. The molecule has 2 rings (SSSR count). The number of nitrogens with one attached hydrogen (secondary N) is 2. The molecule has 2 atom stereocenters. The standard InChI is InChI=1S/C14H25N5O/c1-5-19-16-9-11(18-19)8-15-13(20)17-12-6-10(12)7-14(2,3)4/h9-10,12H,5-8H2,1-4H3,(H2,15,17,20)/t10-,12+/m0/s1. The van der Waals surface area contributed by atoms with Crippen LogP contribution in [0.4, 0.5) is 4.79 Å². The summed E-state index contributed by atoms with van der Waals surface area (Å²) >= 11 is 0. The van der Waals surface area contributed by atoms with Gasteiger partial charge in [-0.25, -0.2) is 4.79 Å². The Hall–Kier alpha value is -1.59. The number of hydrogen-bond acceptors (Lipinski definition) is 3. The van der Waals surface area contributed by atoms with E-state index in [9.17, 15) is 4.79 Å². The van der Waals surface area contributed by atoms with Crippen LogP contribution in [0.2, 0.25) is 0 Å². The Morgan fingerprint density at radius 3 is 2.85 bits per heavy atom. The van der Waals surface area contributed by atoms with Gasteiger partial charge >= 0.3 is 6.03 Å². The molecule has 1 fully saturated rings. The van der Waals surface area contributed by atoms with Crippen LogP contribution in [0.5, 0.6) is 0 Å². The normalized spacial score (nSPS) is 21.6. The molecule has 0 aliphatic heterocycles. The number of hydrogen-bond donors (Lipinski definition) is 2. The molecule has 112 valence electrons. The second kappa shape index (κ2) is 5.81. The van der Waals surface area contributed by atoms with Crippen LogP contribution in [0.3, 0.4) is 0 Å². The van der Waals surface area contributed by atoms with Crippen molar-refractivity contribution in [3.8, 4) is 0 Å². The molecule has 0 bridgehead atoms. The predicted molar refractivity (Wildman–Crippen MR) is 77.0 cm³/mol. The topological polar surface area (TPSA) is 71.8 Å². The third-order valence-electron chi connectivity index (χ3n) is 3.41. The van der Waals surface area contributed by atoms with Crippen LogP contribution in [-0.4, -0.2) is 27.1 Å². The van der Waals surface area contributed by atoms with E-state index in [2.05, 4.69) is 41.6 Å². The summed E-state index contributed by atoms with van der Waals surface area (Å²) in [6.45, 7) is 9.84. The van der Waals surface area contributed by atoms with Gasteiger partial charge in [-0.3, -0.25) is 0 Å². The number of nitrogens with zero attached hydrogens (tertiary/aromatic N) is 3. The summed E-state index contributed by atoms with van der Waals surface area (Å²) in [4.78, 5) is 13.4. The molecule has 2 N–H and O–H groups in total. The molecular weight excluding hydrogens is 254 g/mol. The molecule has 6 nitrogen and oxygen atoms in total. The van der Waals surface area contributed by atoms with Crippen LogP contribution in [0.15, 0.2) is 6.20 Å². The Balaban J connectivity index is 1.67. The Morgan fingerprint density at radius 1 is 1.50 bits per heavy atom. The van der Waals surface area contributed by atoms with Gasteiger partial charge in [0.2, 0.25) is 0 Å². The van der Waals surface area contributed by atoms with Gasteiger partial charge in [-0.15, -0.1) is 0 Å². The number of rotatable bonds is 5. The highest BCUT2D eigenvalue weighted by molar-refractivity contribution is 5.74. The van der Waals surface area contributed by atoms with E-state index in [0.29, 0.717) is 23.9 Å². The van der Waals surface area contributed by atoms with E-state index in [1.54, 1.807) is 11.0 Å². The van der Waals surface area contributed by atoms with E-state index < -0.39 is 0 Å². The minimum absolute atomic E-state index is 0.113. The fourth-order valence-electron chi connectivity index (χ4n) is 2.39. The van der Waals surface area contributed by atoms with E-state index in [0.717, 1.165) is 25.1 Å². The van der Waals surface area contributed by atoms with Crippen molar-refractivity contribution < 1.29 is 4.79 Å². The van der Waals surface area contributed by atoms with Gasteiger partial charge in [-0.2, -0.15) is 15.0 Å². The molecule has 1 aromatic rings. The van der Waals surface area contributed by atoms with Crippen LogP contribution < -0.4 is 10.6 Å². The van der Waals surface area contributed by atoms with Crippen LogP contribution >= 0.6 is 0 Å². The highest BCUT2D eigenvalue weighted by Crippen LogP contribution is 2.40. The first-order chi connectivity index (χ1) is 9.37. The van der Waals surface area contributed by atoms with Crippen molar-refractivity contribution in [2.45, 2.75) is 59.7 Å². The second-order valence-electron chi connectivity index (χ2n) is 6.72. The van der Waals surface area contributed by atoms with Crippen molar-refractivity contribution in [2.24, 2.45) is 11.3 Å². The lowest BCUT2D eigenvalue weighted by molar-refractivity contribution is 0.238. The smallest absolute Gasteiger partial charge is 0.315 e. The lowest BCUT2D eigenvalue weighted by atomic mass is 9.89. The van der Waals surface area contributed by atoms with Crippen molar-refractivity contribution in [1.29, 1.82) is 0 Å². The van der Waals surface area contributed by atoms with Crippen molar-refractivity contribution in [2.75, 3.05) is 0 Å². The average molecular weight is 279 g/mol. The van der Waals surface area contributed by atoms with Crippen LogP contribution in [0.1, 0.15) is 46.2 Å². The fourth-order valence-corrected chi connectivity index (χ4v) is 2.39. The van der Waals surface area contributed by atoms with Crippen LogP contribution in [-0.2, 0) is 13.1 Å². The Bertz CT molecular complexity index is 462. The third-order valence-corrected chi connectivity index (χ3v) is 3.41. The SMILES string of the molecule is CCn1ncc(CNC(=O)N[C@@H]2C[C@H]2CC(C)(C)C)n1. The zero-order valence-electron chi connectivity index (χ0n) is 12.8. The third kappa shape index (κ3) is 4.51. The van der Waals surface area contributed by atoms with E-state index in [1.165, 1.54) is 0 Å². The number of aromatic nitrogens is 3. The minimum atomic E-state index is -0.113. The average Bonchev–Trinajstić information content (AvgIpc) is 2.90. The number of carbonyl (C=O) groups is 1. The van der Waals surface area contributed by atoms with E-state index in [1.807, 2.05) is 6.92 Å². The first-order valence-electron chi connectivity index (χ1n) is 7.31. The Morgan fingerprint density at radius 2 is 2.25 bits per heavy atom. The number of carbonyl (C=O) groups excluding carboxylic acids is 1. The van der Waals surface area contributed by atoms with E-state index in [4.69, 9.17) is 0 Å². The summed E-state index contributed by atoms with van der Waals surface area (Å²) in [7, 11) is 0. The van der Waals surface area contributed by atoms with Gasteiger partial charge in [0.15, 0.2) is 0 Å². The van der Waals surface area contributed by atoms with Crippen LogP contribution in [0.25, 0.3) is 0 Å². The second-order valence-corrected chi connectivity index (χ2v) is 6.72. The molecule has 6 heteroatoms. The maximum Gasteiger partial charge on any atom is 0.315 e. The summed E-state index contributed by atoms with van der Waals surface area (Å²) in [6.07, 6.45) is 3.93. The molecule has 1 heterocycles. The lowest BCUT2D eigenvalue weighted by Gasteiger charge is -2.17. The molecule has 0 unspecified atom stereocenters. The van der Waals surface area contributed by atoms with Gasteiger partial charge in [0.25, 0.3) is 0 Å². The van der Waals surface area contributed by atoms with E-state index >= 15 is 0 Å².